The van der Waals surface area contributed by atoms with Crippen LogP contribution in [0.1, 0.15) is 20.3 Å². The molecule has 1 aromatic heterocycles. The SMILES string of the molecule is CC(C)(N)CC(=O)Nc1cccc(Cl)c1-n1cccn1. The van der Waals surface area contributed by atoms with Crippen molar-refractivity contribution in [3.05, 3.63) is 41.7 Å². The lowest BCUT2D eigenvalue weighted by atomic mass is 10.0. The summed E-state index contributed by atoms with van der Waals surface area (Å²) in [6, 6.07) is 7.10. The van der Waals surface area contributed by atoms with E-state index in [1.807, 2.05) is 0 Å². The molecule has 1 heterocycles. The Morgan fingerprint density at radius 1 is 1.45 bits per heavy atom. The highest BCUT2D eigenvalue weighted by molar-refractivity contribution is 6.33. The highest BCUT2D eigenvalue weighted by atomic mass is 35.5. The van der Waals surface area contributed by atoms with Crippen LogP contribution in [-0.4, -0.2) is 21.2 Å². The first-order valence-electron chi connectivity index (χ1n) is 6.24. The molecule has 1 amide bonds. The number of nitrogens with zero attached hydrogens (tertiary/aromatic N) is 2. The monoisotopic (exact) mass is 292 g/mol. The molecule has 6 heteroatoms. The summed E-state index contributed by atoms with van der Waals surface area (Å²) in [5.74, 6) is -0.159. The minimum absolute atomic E-state index is 0.159. The molecular formula is C14H17ClN4O. The summed E-state index contributed by atoms with van der Waals surface area (Å²) < 4.78 is 1.62. The molecule has 0 aliphatic carbocycles. The fourth-order valence-corrected chi connectivity index (χ4v) is 2.12. The van der Waals surface area contributed by atoms with E-state index in [2.05, 4.69) is 10.4 Å². The van der Waals surface area contributed by atoms with Crippen molar-refractivity contribution in [1.82, 2.24) is 9.78 Å². The van der Waals surface area contributed by atoms with Crippen molar-refractivity contribution in [2.45, 2.75) is 25.8 Å². The van der Waals surface area contributed by atoms with Crippen molar-refractivity contribution in [3.8, 4) is 5.69 Å². The van der Waals surface area contributed by atoms with E-state index in [1.165, 1.54) is 0 Å². The van der Waals surface area contributed by atoms with Gasteiger partial charge in [-0.3, -0.25) is 4.79 Å². The minimum Gasteiger partial charge on any atom is -0.325 e. The molecule has 0 spiro atoms. The van der Waals surface area contributed by atoms with Crippen molar-refractivity contribution in [1.29, 1.82) is 0 Å². The first-order valence-corrected chi connectivity index (χ1v) is 6.62. The quantitative estimate of drug-likeness (QED) is 0.910. The molecule has 0 fully saturated rings. The number of rotatable bonds is 4. The highest BCUT2D eigenvalue weighted by Crippen LogP contribution is 2.28. The number of hydrogen-bond acceptors (Lipinski definition) is 3. The number of halogens is 1. The Hall–Kier alpha value is -1.85. The molecule has 5 nitrogen and oxygen atoms in total. The van der Waals surface area contributed by atoms with Crippen molar-refractivity contribution >= 4 is 23.2 Å². The zero-order chi connectivity index (χ0) is 14.8. The maximum Gasteiger partial charge on any atom is 0.226 e. The topological polar surface area (TPSA) is 72.9 Å². The number of carbonyl (C=O) groups excluding carboxylic acids is 1. The van der Waals surface area contributed by atoms with Gasteiger partial charge in [-0.25, -0.2) is 4.68 Å². The second-order valence-corrected chi connectivity index (χ2v) is 5.71. The van der Waals surface area contributed by atoms with E-state index < -0.39 is 5.54 Å². The van der Waals surface area contributed by atoms with Crippen molar-refractivity contribution < 1.29 is 4.79 Å². The van der Waals surface area contributed by atoms with Crippen LogP contribution in [0, 0.1) is 0 Å². The number of nitrogens with one attached hydrogen (secondary N) is 1. The van der Waals surface area contributed by atoms with Gasteiger partial charge in [0.15, 0.2) is 0 Å². The van der Waals surface area contributed by atoms with Crippen LogP contribution in [0.4, 0.5) is 5.69 Å². The second kappa shape index (κ2) is 5.64. The van der Waals surface area contributed by atoms with Gasteiger partial charge in [0.1, 0.15) is 5.69 Å². The lowest BCUT2D eigenvalue weighted by molar-refractivity contribution is -0.117. The second-order valence-electron chi connectivity index (χ2n) is 5.30. The Morgan fingerprint density at radius 2 is 2.20 bits per heavy atom. The third-order valence-electron chi connectivity index (χ3n) is 2.61. The van der Waals surface area contributed by atoms with E-state index in [0.29, 0.717) is 16.4 Å². The van der Waals surface area contributed by atoms with Crippen LogP contribution in [0.3, 0.4) is 0 Å². The summed E-state index contributed by atoms with van der Waals surface area (Å²) in [6.45, 7) is 3.61. The maximum atomic E-state index is 12.0. The van der Waals surface area contributed by atoms with Crippen LogP contribution >= 0.6 is 11.6 Å². The molecule has 20 heavy (non-hydrogen) atoms. The number of aromatic nitrogens is 2. The summed E-state index contributed by atoms with van der Waals surface area (Å²) in [6.07, 6.45) is 3.64. The molecule has 0 radical (unpaired) electrons. The Labute approximate surface area is 122 Å². The van der Waals surface area contributed by atoms with Gasteiger partial charge in [0.05, 0.1) is 10.7 Å². The van der Waals surface area contributed by atoms with Gasteiger partial charge in [-0.2, -0.15) is 5.10 Å². The number of hydrogen-bond donors (Lipinski definition) is 2. The largest absolute Gasteiger partial charge is 0.325 e. The van der Waals surface area contributed by atoms with E-state index in [1.54, 1.807) is 55.2 Å². The van der Waals surface area contributed by atoms with Crippen LogP contribution in [0.5, 0.6) is 0 Å². The molecule has 1 aromatic carbocycles. The number of para-hydroxylation sites is 1. The molecule has 0 bridgehead atoms. The molecular weight excluding hydrogens is 276 g/mol. The highest BCUT2D eigenvalue weighted by Gasteiger charge is 2.18. The summed E-state index contributed by atoms with van der Waals surface area (Å²) in [4.78, 5) is 12.0. The Kier molecular flexibility index (Phi) is 4.11. The average Bonchev–Trinajstić information content (AvgIpc) is 2.79. The first-order chi connectivity index (χ1) is 9.37. The van der Waals surface area contributed by atoms with Crippen molar-refractivity contribution in [3.63, 3.8) is 0 Å². The van der Waals surface area contributed by atoms with E-state index in [-0.39, 0.29) is 12.3 Å². The molecule has 0 aliphatic rings. The van der Waals surface area contributed by atoms with Gasteiger partial charge in [0.2, 0.25) is 5.91 Å². The number of carbonyl (C=O) groups is 1. The molecule has 0 unspecified atom stereocenters. The van der Waals surface area contributed by atoms with Crippen molar-refractivity contribution in [2.75, 3.05) is 5.32 Å². The van der Waals surface area contributed by atoms with E-state index in [4.69, 9.17) is 17.3 Å². The smallest absolute Gasteiger partial charge is 0.226 e. The lowest BCUT2D eigenvalue weighted by Gasteiger charge is -2.19. The molecule has 0 aliphatic heterocycles. The van der Waals surface area contributed by atoms with Gasteiger partial charge in [-0.05, 0) is 32.0 Å². The van der Waals surface area contributed by atoms with E-state index in [0.717, 1.165) is 0 Å². The third-order valence-corrected chi connectivity index (χ3v) is 2.92. The number of benzene rings is 1. The van der Waals surface area contributed by atoms with Crippen LogP contribution < -0.4 is 11.1 Å². The summed E-state index contributed by atoms with van der Waals surface area (Å²) in [5.41, 5.74) is 6.54. The van der Waals surface area contributed by atoms with Gasteiger partial charge >= 0.3 is 0 Å². The first kappa shape index (κ1) is 14.6. The van der Waals surface area contributed by atoms with Crippen molar-refractivity contribution in [2.24, 2.45) is 5.73 Å². The Balaban J connectivity index is 2.29. The summed E-state index contributed by atoms with van der Waals surface area (Å²) >= 11 is 6.20. The van der Waals surface area contributed by atoms with Gasteiger partial charge in [-0.15, -0.1) is 0 Å². The zero-order valence-electron chi connectivity index (χ0n) is 11.4. The van der Waals surface area contributed by atoms with E-state index >= 15 is 0 Å². The van der Waals surface area contributed by atoms with Crippen LogP contribution in [0.25, 0.3) is 5.69 Å². The summed E-state index contributed by atoms with van der Waals surface area (Å²) in [5, 5.41) is 7.49. The van der Waals surface area contributed by atoms with E-state index in [9.17, 15) is 4.79 Å². The van der Waals surface area contributed by atoms with Gasteiger partial charge in [0.25, 0.3) is 0 Å². The molecule has 0 atom stereocenters. The average molecular weight is 293 g/mol. The molecule has 106 valence electrons. The normalized spacial score (nSPS) is 11.4. The molecule has 0 saturated carbocycles. The number of amides is 1. The van der Waals surface area contributed by atoms with Crippen LogP contribution in [0.15, 0.2) is 36.7 Å². The number of anilines is 1. The molecule has 2 rings (SSSR count). The zero-order valence-corrected chi connectivity index (χ0v) is 12.2. The predicted octanol–water partition coefficient (Wildman–Crippen LogP) is 2.59. The minimum atomic E-state index is -0.561. The maximum absolute atomic E-state index is 12.0. The molecule has 3 N–H and O–H groups in total. The lowest BCUT2D eigenvalue weighted by Crippen LogP contribution is -2.36. The fourth-order valence-electron chi connectivity index (χ4n) is 1.86. The number of nitrogens with two attached hydrogens (primary N) is 1. The Morgan fingerprint density at radius 3 is 2.80 bits per heavy atom. The molecule has 2 aromatic rings. The molecule has 0 saturated heterocycles. The third kappa shape index (κ3) is 3.59. The van der Waals surface area contributed by atoms with Crippen LogP contribution in [0.2, 0.25) is 5.02 Å². The Bertz CT molecular complexity index is 602. The standard InChI is InChI=1S/C14H17ClN4O/c1-14(2,16)9-12(20)18-11-6-3-5-10(15)13(11)19-8-4-7-17-19/h3-8H,9,16H2,1-2H3,(H,18,20). The van der Waals surface area contributed by atoms with Crippen LogP contribution in [-0.2, 0) is 4.79 Å². The van der Waals surface area contributed by atoms with Gasteiger partial charge < -0.3 is 11.1 Å². The summed E-state index contributed by atoms with van der Waals surface area (Å²) in [7, 11) is 0. The van der Waals surface area contributed by atoms with Gasteiger partial charge in [-0.1, -0.05) is 17.7 Å². The fraction of sp³-hybridized carbons (Fsp3) is 0.286. The predicted molar refractivity (Wildman–Crippen MR) is 80.1 cm³/mol. The van der Waals surface area contributed by atoms with Gasteiger partial charge in [0, 0.05) is 24.4 Å².